The van der Waals surface area contributed by atoms with Crippen LogP contribution in [0.1, 0.15) is 33.5 Å². The molecule has 30 heavy (non-hydrogen) atoms. The molecule has 2 aromatic carbocycles. The normalized spacial score (nSPS) is 23.7. The third-order valence-corrected chi connectivity index (χ3v) is 7.59. The molecule has 0 N–H and O–H groups in total. The van der Waals surface area contributed by atoms with Crippen molar-refractivity contribution in [1.29, 1.82) is 0 Å². The van der Waals surface area contributed by atoms with Crippen LogP contribution < -0.4 is 9.47 Å². The Bertz CT molecular complexity index is 1190. The molecule has 3 heterocycles. The van der Waals surface area contributed by atoms with E-state index in [2.05, 4.69) is 0 Å². The van der Waals surface area contributed by atoms with Gasteiger partial charge in [0, 0.05) is 12.6 Å². The number of hydrogen-bond donors (Lipinski definition) is 0. The number of carbonyl (C=O) groups excluding carboxylic acids is 1. The van der Waals surface area contributed by atoms with Crippen LogP contribution in [0.15, 0.2) is 36.1 Å². The van der Waals surface area contributed by atoms with E-state index in [-0.39, 0.29) is 34.9 Å². The molecule has 1 unspecified atom stereocenters. The molecule has 1 saturated heterocycles. The molecular weight excluding hydrogens is 409 g/mol. The zero-order valence-corrected chi connectivity index (χ0v) is 17.2. The lowest BCUT2D eigenvalue weighted by Crippen LogP contribution is -2.41. The molecule has 5 rings (SSSR count). The fraction of sp³-hybridized carbons (Fsp3) is 0.318. The van der Waals surface area contributed by atoms with Crippen molar-refractivity contribution in [1.82, 2.24) is 4.90 Å². The number of ether oxygens (including phenoxy) is 2. The summed E-state index contributed by atoms with van der Waals surface area (Å²) in [6.45, 7) is 2.59. The van der Waals surface area contributed by atoms with Crippen molar-refractivity contribution >= 4 is 21.7 Å². The maximum absolute atomic E-state index is 13.2. The summed E-state index contributed by atoms with van der Waals surface area (Å²) < 4.78 is 48.8. The minimum Gasteiger partial charge on any atom is -0.478 e. The average molecular weight is 429 g/mol. The highest BCUT2D eigenvalue weighted by Gasteiger charge is 2.39. The van der Waals surface area contributed by atoms with Crippen molar-refractivity contribution in [3.63, 3.8) is 0 Å². The van der Waals surface area contributed by atoms with Gasteiger partial charge in [-0.25, -0.2) is 12.8 Å². The highest BCUT2D eigenvalue weighted by atomic mass is 32.2. The van der Waals surface area contributed by atoms with Gasteiger partial charge in [-0.3, -0.25) is 9.69 Å². The van der Waals surface area contributed by atoms with Gasteiger partial charge in [-0.05, 0) is 48.7 Å². The summed E-state index contributed by atoms with van der Waals surface area (Å²) in [7, 11) is -3.01. The first-order valence-corrected chi connectivity index (χ1v) is 11.6. The summed E-state index contributed by atoms with van der Waals surface area (Å²) in [5, 5.41) is 0. The van der Waals surface area contributed by atoms with Crippen LogP contribution in [0.3, 0.4) is 0 Å². The minimum atomic E-state index is -3.01. The van der Waals surface area contributed by atoms with Crippen molar-refractivity contribution in [2.75, 3.05) is 18.2 Å². The Morgan fingerprint density at radius 3 is 2.70 bits per heavy atom. The molecular formula is C22H20FNO5S. The summed E-state index contributed by atoms with van der Waals surface area (Å²) in [6.07, 6.45) is 2.17. The summed E-state index contributed by atoms with van der Waals surface area (Å²) in [4.78, 5) is 15.0. The second-order valence-corrected chi connectivity index (χ2v) is 10.2. The lowest BCUT2D eigenvalue weighted by atomic mass is 9.98. The van der Waals surface area contributed by atoms with Crippen molar-refractivity contribution in [2.24, 2.45) is 0 Å². The van der Waals surface area contributed by atoms with Gasteiger partial charge in [0.15, 0.2) is 15.6 Å². The number of aryl methyl sites for hydroxylation is 1. The standard InChI is InChI=1S/C22H20FNO5S/c1-13-8-18-17(10-24(12-28-18)16-6-7-30(26,27)11-16)22-20(13)21(25)19(29-22)9-14-2-4-15(23)5-3-14/h2-5,8-9,16H,6-7,10-12H2,1H3/b19-9-. The number of sulfone groups is 1. The zero-order chi connectivity index (χ0) is 21.0. The monoisotopic (exact) mass is 429 g/mol. The van der Waals surface area contributed by atoms with Gasteiger partial charge in [0.05, 0.1) is 22.6 Å². The van der Waals surface area contributed by atoms with Gasteiger partial charge in [0.1, 0.15) is 24.0 Å². The number of carbonyl (C=O) groups is 1. The van der Waals surface area contributed by atoms with Crippen molar-refractivity contribution in [3.8, 4) is 11.5 Å². The molecule has 8 heteroatoms. The summed E-state index contributed by atoms with van der Waals surface area (Å²) in [5.41, 5.74) is 2.66. The van der Waals surface area contributed by atoms with Crippen LogP contribution in [-0.4, -0.2) is 43.4 Å². The number of ketones is 1. The third kappa shape index (κ3) is 3.30. The average Bonchev–Trinajstić information content (AvgIpc) is 3.23. The van der Waals surface area contributed by atoms with Crippen molar-refractivity contribution in [3.05, 3.63) is 64.2 Å². The van der Waals surface area contributed by atoms with Gasteiger partial charge >= 0.3 is 0 Å². The van der Waals surface area contributed by atoms with E-state index in [9.17, 15) is 17.6 Å². The SMILES string of the molecule is Cc1cc2c(c3c1C(=O)/C(=C/c1ccc(F)cc1)O3)CN(C1CCS(=O)(=O)C1)CO2. The summed E-state index contributed by atoms with van der Waals surface area (Å²) >= 11 is 0. The number of Topliss-reactive ketones (excluding diaryl/α,β-unsaturated/α-hetero) is 1. The molecule has 0 radical (unpaired) electrons. The number of halogens is 1. The number of benzene rings is 2. The van der Waals surface area contributed by atoms with Crippen molar-refractivity contribution in [2.45, 2.75) is 25.9 Å². The minimum absolute atomic E-state index is 0.105. The molecule has 0 saturated carbocycles. The Morgan fingerprint density at radius 2 is 2.00 bits per heavy atom. The molecule has 0 bridgehead atoms. The fourth-order valence-electron chi connectivity index (χ4n) is 4.26. The van der Waals surface area contributed by atoms with E-state index in [0.717, 1.165) is 11.1 Å². The first-order valence-electron chi connectivity index (χ1n) is 9.74. The Kier molecular flexibility index (Phi) is 4.44. The number of hydrogen-bond acceptors (Lipinski definition) is 6. The second-order valence-electron chi connectivity index (χ2n) is 7.94. The molecule has 1 fully saturated rings. The number of fused-ring (bicyclic) bond motifs is 3. The highest BCUT2D eigenvalue weighted by molar-refractivity contribution is 7.91. The van der Waals surface area contributed by atoms with Crippen LogP contribution in [-0.2, 0) is 16.4 Å². The number of nitrogens with zero attached hydrogens (tertiary/aromatic N) is 1. The predicted molar refractivity (Wildman–Crippen MR) is 109 cm³/mol. The molecule has 3 aliphatic rings. The summed E-state index contributed by atoms with van der Waals surface area (Å²) in [6, 6.07) is 7.54. The van der Waals surface area contributed by atoms with Gasteiger partial charge in [-0.2, -0.15) is 0 Å². The van der Waals surface area contributed by atoms with E-state index in [4.69, 9.17) is 9.47 Å². The van der Waals surface area contributed by atoms with E-state index in [0.29, 0.717) is 42.3 Å². The molecule has 0 aliphatic carbocycles. The van der Waals surface area contributed by atoms with Crippen LogP contribution in [0.2, 0.25) is 0 Å². The maximum atomic E-state index is 13.2. The van der Waals surface area contributed by atoms with Gasteiger partial charge in [-0.15, -0.1) is 0 Å². The van der Waals surface area contributed by atoms with Crippen LogP contribution in [0.4, 0.5) is 4.39 Å². The molecule has 1 atom stereocenters. The van der Waals surface area contributed by atoms with Gasteiger partial charge in [0.2, 0.25) is 5.78 Å². The topological polar surface area (TPSA) is 72.9 Å². The highest BCUT2D eigenvalue weighted by Crippen LogP contribution is 2.44. The van der Waals surface area contributed by atoms with E-state index in [1.54, 1.807) is 18.2 Å². The molecule has 0 aromatic heterocycles. The molecule has 0 spiro atoms. The molecule has 0 amide bonds. The van der Waals surface area contributed by atoms with Crippen LogP contribution in [0.25, 0.3) is 6.08 Å². The Hall–Kier alpha value is -2.71. The number of allylic oxidation sites excluding steroid dienone is 1. The molecule has 2 aromatic rings. The lowest BCUT2D eigenvalue weighted by molar-refractivity contribution is 0.0633. The zero-order valence-electron chi connectivity index (χ0n) is 16.4. The largest absolute Gasteiger partial charge is 0.478 e. The Morgan fingerprint density at radius 1 is 1.23 bits per heavy atom. The lowest BCUT2D eigenvalue weighted by Gasteiger charge is -2.33. The molecule has 3 aliphatic heterocycles. The van der Waals surface area contributed by atoms with E-state index < -0.39 is 9.84 Å². The van der Waals surface area contributed by atoms with Crippen LogP contribution >= 0.6 is 0 Å². The van der Waals surface area contributed by atoms with Gasteiger partial charge < -0.3 is 9.47 Å². The first kappa shape index (κ1) is 19.3. The summed E-state index contributed by atoms with van der Waals surface area (Å²) in [5.74, 6) is 1.02. The maximum Gasteiger partial charge on any atom is 0.232 e. The quantitative estimate of drug-likeness (QED) is 0.684. The Labute approximate surface area is 173 Å². The van der Waals surface area contributed by atoms with E-state index >= 15 is 0 Å². The smallest absolute Gasteiger partial charge is 0.232 e. The van der Waals surface area contributed by atoms with Crippen LogP contribution in [0.5, 0.6) is 11.5 Å². The molecule has 6 nitrogen and oxygen atoms in total. The van der Waals surface area contributed by atoms with Crippen molar-refractivity contribution < 1.29 is 27.1 Å². The van der Waals surface area contributed by atoms with Gasteiger partial charge in [-0.1, -0.05) is 12.1 Å². The Balaban J connectivity index is 1.49. The fourth-order valence-corrected chi connectivity index (χ4v) is 6.02. The number of rotatable bonds is 2. The molecule has 156 valence electrons. The first-order chi connectivity index (χ1) is 14.3. The predicted octanol–water partition coefficient (Wildman–Crippen LogP) is 3.09. The van der Waals surface area contributed by atoms with E-state index in [1.165, 1.54) is 12.1 Å². The third-order valence-electron chi connectivity index (χ3n) is 5.84. The van der Waals surface area contributed by atoms with Gasteiger partial charge in [0.25, 0.3) is 0 Å². The second kappa shape index (κ2) is 6.92. The van der Waals surface area contributed by atoms with Crippen LogP contribution in [0, 0.1) is 12.7 Å². The van der Waals surface area contributed by atoms with E-state index in [1.807, 2.05) is 17.9 Å².